The van der Waals surface area contributed by atoms with Gasteiger partial charge in [0, 0.05) is 19.6 Å². The SMILES string of the molecule is O=C(NC[C@@H]1COCCO1)N1CCC(c2cccc3ccccc23)CC1. The fourth-order valence-corrected chi connectivity index (χ4v) is 3.97. The summed E-state index contributed by atoms with van der Waals surface area (Å²) in [5.41, 5.74) is 1.41. The molecule has 2 fully saturated rings. The Morgan fingerprint density at radius 2 is 1.88 bits per heavy atom. The molecule has 0 radical (unpaired) electrons. The maximum Gasteiger partial charge on any atom is 0.317 e. The molecule has 26 heavy (non-hydrogen) atoms. The number of nitrogens with one attached hydrogen (secondary N) is 1. The second-order valence-corrected chi connectivity index (χ2v) is 7.08. The lowest BCUT2D eigenvalue weighted by atomic mass is 9.86. The molecular formula is C21H26N2O3. The predicted octanol–water partition coefficient (Wildman–Crippen LogP) is 3.14. The number of fused-ring (bicyclic) bond motifs is 1. The first-order chi connectivity index (χ1) is 12.8. The number of piperidine rings is 1. The summed E-state index contributed by atoms with van der Waals surface area (Å²) in [5, 5.41) is 5.62. The van der Waals surface area contributed by atoms with E-state index in [1.807, 2.05) is 4.90 Å². The molecule has 2 aliphatic heterocycles. The average molecular weight is 354 g/mol. The van der Waals surface area contributed by atoms with Crippen LogP contribution in [0, 0.1) is 0 Å². The molecule has 2 aliphatic rings. The second-order valence-electron chi connectivity index (χ2n) is 7.08. The molecule has 0 bridgehead atoms. The number of urea groups is 1. The number of hydrogen-bond donors (Lipinski definition) is 1. The van der Waals surface area contributed by atoms with Crippen molar-refractivity contribution in [2.45, 2.75) is 24.9 Å². The molecule has 1 N–H and O–H groups in total. The zero-order valence-electron chi connectivity index (χ0n) is 15.0. The normalized spacial score (nSPS) is 21.7. The van der Waals surface area contributed by atoms with E-state index in [0.717, 1.165) is 25.9 Å². The van der Waals surface area contributed by atoms with E-state index in [4.69, 9.17) is 9.47 Å². The second kappa shape index (κ2) is 8.06. The van der Waals surface area contributed by atoms with Gasteiger partial charge in [-0.2, -0.15) is 0 Å². The number of ether oxygens (including phenoxy) is 2. The fraction of sp³-hybridized carbons (Fsp3) is 0.476. The van der Waals surface area contributed by atoms with E-state index < -0.39 is 0 Å². The molecule has 0 aromatic heterocycles. The van der Waals surface area contributed by atoms with Gasteiger partial charge in [0.2, 0.25) is 0 Å². The van der Waals surface area contributed by atoms with Gasteiger partial charge >= 0.3 is 6.03 Å². The summed E-state index contributed by atoms with van der Waals surface area (Å²) >= 11 is 0. The maximum atomic E-state index is 12.4. The zero-order valence-corrected chi connectivity index (χ0v) is 15.0. The average Bonchev–Trinajstić information content (AvgIpc) is 2.72. The van der Waals surface area contributed by atoms with Gasteiger partial charge in [-0.05, 0) is 35.1 Å². The van der Waals surface area contributed by atoms with Crippen molar-refractivity contribution in [2.75, 3.05) is 39.5 Å². The van der Waals surface area contributed by atoms with Crippen molar-refractivity contribution in [3.8, 4) is 0 Å². The van der Waals surface area contributed by atoms with Crippen LogP contribution in [0.3, 0.4) is 0 Å². The number of benzene rings is 2. The first-order valence-corrected chi connectivity index (χ1v) is 9.51. The Bertz CT molecular complexity index is 745. The van der Waals surface area contributed by atoms with Gasteiger partial charge in [0.05, 0.1) is 25.9 Å². The highest BCUT2D eigenvalue weighted by Crippen LogP contribution is 2.33. The molecule has 5 nitrogen and oxygen atoms in total. The van der Waals surface area contributed by atoms with Crippen LogP contribution >= 0.6 is 0 Å². The van der Waals surface area contributed by atoms with Crippen LogP contribution in [0.5, 0.6) is 0 Å². The summed E-state index contributed by atoms with van der Waals surface area (Å²) in [6.45, 7) is 3.91. The minimum atomic E-state index is -0.0269. The number of carbonyl (C=O) groups excluding carboxylic acids is 1. The van der Waals surface area contributed by atoms with Gasteiger partial charge < -0.3 is 19.7 Å². The lowest BCUT2D eigenvalue weighted by Crippen LogP contribution is -2.47. The van der Waals surface area contributed by atoms with Gasteiger partial charge in [-0.15, -0.1) is 0 Å². The Balaban J connectivity index is 1.32. The molecule has 0 spiro atoms. The molecular weight excluding hydrogens is 328 g/mol. The Labute approximate surface area is 154 Å². The first-order valence-electron chi connectivity index (χ1n) is 9.51. The molecule has 2 aromatic carbocycles. The first kappa shape index (κ1) is 17.3. The van der Waals surface area contributed by atoms with Crippen molar-refractivity contribution in [1.82, 2.24) is 10.2 Å². The molecule has 4 rings (SSSR count). The standard InChI is InChI=1S/C21H26N2O3/c24-21(22-14-18-15-25-12-13-26-18)23-10-8-17(9-11-23)20-7-3-5-16-4-1-2-6-19(16)20/h1-7,17-18H,8-15H2,(H,22,24)/t18-/m1/s1. The lowest BCUT2D eigenvalue weighted by molar-refractivity contribution is -0.0856. The molecule has 2 heterocycles. The monoisotopic (exact) mass is 354 g/mol. The number of hydrogen-bond acceptors (Lipinski definition) is 3. The molecule has 1 atom stereocenters. The molecule has 5 heteroatoms. The van der Waals surface area contributed by atoms with Crippen LogP contribution in [0.4, 0.5) is 4.79 Å². The molecule has 2 amide bonds. The van der Waals surface area contributed by atoms with E-state index in [9.17, 15) is 4.79 Å². The number of amides is 2. The minimum Gasteiger partial charge on any atom is -0.376 e. The predicted molar refractivity (Wildman–Crippen MR) is 101 cm³/mol. The maximum absolute atomic E-state index is 12.4. The number of carbonyl (C=O) groups is 1. The van der Waals surface area contributed by atoms with Crippen LogP contribution in [0.2, 0.25) is 0 Å². The van der Waals surface area contributed by atoms with Crippen LogP contribution in [0.25, 0.3) is 10.8 Å². The van der Waals surface area contributed by atoms with E-state index in [1.165, 1.54) is 16.3 Å². The van der Waals surface area contributed by atoms with Gasteiger partial charge in [-0.1, -0.05) is 42.5 Å². The molecule has 2 saturated heterocycles. The van der Waals surface area contributed by atoms with Crippen LogP contribution < -0.4 is 5.32 Å². The van der Waals surface area contributed by atoms with E-state index in [0.29, 0.717) is 32.3 Å². The highest BCUT2D eigenvalue weighted by molar-refractivity contribution is 5.86. The third-order valence-electron chi connectivity index (χ3n) is 5.41. The van der Waals surface area contributed by atoms with Gasteiger partial charge in [-0.25, -0.2) is 4.79 Å². The smallest absolute Gasteiger partial charge is 0.317 e. The van der Waals surface area contributed by atoms with Gasteiger partial charge in [-0.3, -0.25) is 0 Å². The topological polar surface area (TPSA) is 50.8 Å². The highest BCUT2D eigenvalue weighted by Gasteiger charge is 2.25. The molecule has 0 unspecified atom stereocenters. The van der Waals surface area contributed by atoms with E-state index in [1.54, 1.807) is 0 Å². The van der Waals surface area contributed by atoms with Crippen molar-refractivity contribution >= 4 is 16.8 Å². The summed E-state index contributed by atoms with van der Waals surface area (Å²) in [6, 6.07) is 15.1. The van der Waals surface area contributed by atoms with E-state index in [2.05, 4.69) is 47.8 Å². The minimum absolute atomic E-state index is 0.00976. The van der Waals surface area contributed by atoms with Crippen molar-refractivity contribution in [2.24, 2.45) is 0 Å². The molecule has 0 aliphatic carbocycles. The third kappa shape index (κ3) is 3.84. The Morgan fingerprint density at radius 1 is 1.08 bits per heavy atom. The third-order valence-corrected chi connectivity index (χ3v) is 5.41. The summed E-state index contributed by atoms with van der Waals surface area (Å²) in [7, 11) is 0. The summed E-state index contributed by atoms with van der Waals surface area (Å²) in [4.78, 5) is 14.3. The number of nitrogens with zero attached hydrogens (tertiary/aromatic N) is 1. The fourth-order valence-electron chi connectivity index (χ4n) is 3.97. The van der Waals surface area contributed by atoms with Gasteiger partial charge in [0.1, 0.15) is 0 Å². The summed E-state index contributed by atoms with van der Waals surface area (Å²) in [6.07, 6.45) is 1.98. The van der Waals surface area contributed by atoms with Crippen molar-refractivity contribution in [3.05, 3.63) is 48.0 Å². The van der Waals surface area contributed by atoms with Crippen molar-refractivity contribution in [1.29, 1.82) is 0 Å². The van der Waals surface area contributed by atoms with Gasteiger partial charge in [0.25, 0.3) is 0 Å². The van der Waals surface area contributed by atoms with Crippen molar-refractivity contribution < 1.29 is 14.3 Å². The highest BCUT2D eigenvalue weighted by atomic mass is 16.6. The Morgan fingerprint density at radius 3 is 2.69 bits per heavy atom. The van der Waals surface area contributed by atoms with Crippen molar-refractivity contribution in [3.63, 3.8) is 0 Å². The number of rotatable bonds is 3. The van der Waals surface area contributed by atoms with Crippen LogP contribution in [-0.4, -0.2) is 56.5 Å². The molecule has 0 saturated carbocycles. The molecule has 138 valence electrons. The number of likely N-dealkylation sites (tertiary alicyclic amines) is 1. The van der Waals surface area contributed by atoms with Crippen LogP contribution in [0.15, 0.2) is 42.5 Å². The zero-order chi connectivity index (χ0) is 17.8. The van der Waals surface area contributed by atoms with Gasteiger partial charge in [0.15, 0.2) is 0 Å². The lowest BCUT2D eigenvalue weighted by Gasteiger charge is -2.33. The Kier molecular flexibility index (Phi) is 5.37. The largest absolute Gasteiger partial charge is 0.376 e. The molecule has 2 aromatic rings. The quantitative estimate of drug-likeness (QED) is 0.921. The van der Waals surface area contributed by atoms with E-state index >= 15 is 0 Å². The summed E-state index contributed by atoms with van der Waals surface area (Å²) in [5.74, 6) is 0.514. The van der Waals surface area contributed by atoms with E-state index in [-0.39, 0.29) is 12.1 Å². The Hall–Kier alpha value is -2.11. The summed E-state index contributed by atoms with van der Waals surface area (Å²) < 4.78 is 10.9. The van der Waals surface area contributed by atoms with Crippen LogP contribution in [0.1, 0.15) is 24.3 Å². The van der Waals surface area contributed by atoms with Crippen LogP contribution in [-0.2, 0) is 9.47 Å².